The number of nitrogens with one attached hydrogen (secondary N) is 1. The summed E-state index contributed by atoms with van der Waals surface area (Å²) in [7, 11) is 0. The Bertz CT molecular complexity index is 471. The second-order valence-electron chi connectivity index (χ2n) is 3.53. The molecular formula is C10H10BrFN4S. The average molecular weight is 317 g/mol. The van der Waals surface area contributed by atoms with Crippen LogP contribution in [0.15, 0.2) is 28.9 Å². The van der Waals surface area contributed by atoms with E-state index in [4.69, 9.17) is 5.84 Å². The minimum Gasteiger partial charge on any atom is -0.271 e. The van der Waals surface area contributed by atoms with Crippen LogP contribution in [-0.2, 0) is 6.42 Å². The van der Waals surface area contributed by atoms with Gasteiger partial charge in [0.05, 0.1) is 29.7 Å². The van der Waals surface area contributed by atoms with Gasteiger partial charge in [0, 0.05) is 4.47 Å². The van der Waals surface area contributed by atoms with Crippen LogP contribution in [0.1, 0.15) is 17.3 Å². The Hall–Kier alpha value is -0.890. The van der Waals surface area contributed by atoms with E-state index in [9.17, 15) is 4.39 Å². The van der Waals surface area contributed by atoms with Gasteiger partial charge in [0.25, 0.3) is 0 Å². The van der Waals surface area contributed by atoms with Crippen LogP contribution in [0.3, 0.4) is 0 Å². The highest BCUT2D eigenvalue weighted by Gasteiger charge is 2.14. The molecule has 3 N–H and O–H groups in total. The van der Waals surface area contributed by atoms with E-state index in [0.717, 1.165) is 23.0 Å². The lowest BCUT2D eigenvalue weighted by Crippen LogP contribution is -2.29. The van der Waals surface area contributed by atoms with Crippen molar-refractivity contribution < 1.29 is 4.39 Å². The van der Waals surface area contributed by atoms with Crippen molar-refractivity contribution in [3.8, 4) is 0 Å². The van der Waals surface area contributed by atoms with Gasteiger partial charge in [-0.25, -0.2) is 4.39 Å². The molecule has 0 bridgehead atoms. The molecule has 0 amide bonds. The molecule has 4 nitrogen and oxygen atoms in total. The quantitative estimate of drug-likeness (QED) is 0.670. The van der Waals surface area contributed by atoms with Gasteiger partial charge in [0.1, 0.15) is 5.82 Å². The Labute approximate surface area is 110 Å². The second-order valence-corrected chi connectivity index (χ2v) is 5.01. The predicted molar refractivity (Wildman–Crippen MR) is 67.8 cm³/mol. The molecule has 1 aromatic carbocycles. The molecule has 0 aliphatic carbocycles. The van der Waals surface area contributed by atoms with E-state index in [1.165, 1.54) is 12.1 Å². The van der Waals surface area contributed by atoms with Crippen LogP contribution in [0.25, 0.3) is 0 Å². The fourth-order valence-electron chi connectivity index (χ4n) is 1.54. The molecule has 90 valence electrons. The first-order valence-corrected chi connectivity index (χ1v) is 6.40. The molecule has 1 atom stereocenters. The maximum atomic E-state index is 13.2. The number of hydrogen-bond acceptors (Lipinski definition) is 5. The number of nitrogens with two attached hydrogens (primary N) is 1. The third-order valence-electron chi connectivity index (χ3n) is 2.30. The summed E-state index contributed by atoms with van der Waals surface area (Å²) in [5.41, 5.74) is 4.26. The van der Waals surface area contributed by atoms with E-state index in [0.29, 0.717) is 10.9 Å². The van der Waals surface area contributed by atoms with Crippen molar-refractivity contribution in [2.75, 3.05) is 0 Å². The number of rotatable bonds is 4. The number of nitrogens with zero attached hydrogens (tertiary/aromatic N) is 2. The highest BCUT2D eigenvalue weighted by Crippen LogP contribution is 2.20. The predicted octanol–water partition coefficient (Wildman–Crippen LogP) is 2.19. The highest BCUT2D eigenvalue weighted by molar-refractivity contribution is 9.10. The fraction of sp³-hybridized carbons (Fsp3) is 0.200. The fourth-order valence-corrected chi connectivity index (χ4v) is 2.52. The zero-order valence-electron chi connectivity index (χ0n) is 8.73. The summed E-state index contributed by atoms with van der Waals surface area (Å²) < 4.78 is 22.0. The van der Waals surface area contributed by atoms with E-state index in [2.05, 4.69) is 30.1 Å². The van der Waals surface area contributed by atoms with Crippen molar-refractivity contribution in [1.29, 1.82) is 0 Å². The van der Waals surface area contributed by atoms with Crippen molar-refractivity contribution >= 4 is 27.7 Å². The lowest BCUT2D eigenvalue weighted by molar-refractivity contribution is 0.539. The van der Waals surface area contributed by atoms with Crippen LogP contribution in [-0.4, -0.2) is 8.75 Å². The monoisotopic (exact) mass is 316 g/mol. The topological polar surface area (TPSA) is 63.8 Å². The smallest absolute Gasteiger partial charge is 0.124 e. The Kier molecular flexibility index (Phi) is 4.16. The first-order chi connectivity index (χ1) is 8.19. The summed E-state index contributed by atoms with van der Waals surface area (Å²) in [6.07, 6.45) is 2.21. The largest absolute Gasteiger partial charge is 0.271 e. The molecule has 0 radical (unpaired) electrons. The molecule has 1 heterocycles. The number of benzene rings is 1. The van der Waals surface area contributed by atoms with Gasteiger partial charge in [0.2, 0.25) is 0 Å². The minimum atomic E-state index is -0.276. The molecule has 0 aliphatic rings. The Morgan fingerprint density at radius 2 is 2.29 bits per heavy atom. The molecule has 0 saturated heterocycles. The lowest BCUT2D eigenvalue weighted by Gasteiger charge is -2.13. The third-order valence-corrected chi connectivity index (χ3v) is 3.25. The van der Waals surface area contributed by atoms with Gasteiger partial charge in [-0.1, -0.05) is 15.9 Å². The van der Waals surface area contributed by atoms with E-state index >= 15 is 0 Å². The van der Waals surface area contributed by atoms with Crippen molar-refractivity contribution in [2.45, 2.75) is 12.5 Å². The van der Waals surface area contributed by atoms with Gasteiger partial charge in [-0.3, -0.25) is 11.3 Å². The van der Waals surface area contributed by atoms with Gasteiger partial charge in [-0.05, 0) is 30.2 Å². The van der Waals surface area contributed by atoms with Gasteiger partial charge >= 0.3 is 0 Å². The van der Waals surface area contributed by atoms with E-state index in [1.54, 1.807) is 6.20 Å². The molecule has 0 saturated carbocycles. The number of aromatic nitrogens is 2. The van der Waals surface area contributed by atoms with Crippen LogP contribution < -0.4 is 11.3 Å². The maximum Gasteiger partial charge on any atom is 0.124 e. The molecule has 2 aromatic rings. The van der Waals surface area contributed by atoms with Crippen molar-refractivity contribution in [2.24, 2.45) is 5.84 Å². The maximum absolute atomic E-state index is 13.2. The molecule has 0 aliphatic heterocycles. The van der Waals surface area contributed by atoms with Gasteiger partial charge in [-0.2, -0.15) is 8.75 Å². The molecule has 7 heteroatoms. The summed E-state index contributed by atoms with van der Waals surface area (Å²) in [4.78, 5) is 0. The van der Waals surface area contributed by atoms with E-state index < -0.39 is 0 Å². The first kappa shape index (κ1) is 12.6. The molecule has 0 spiro atoms. The Morgan fingerprint density at radius 3 is 2.88 bits per heavy atom. The van der Waals surface area contributed by atoms with Gasteiger partial charge in [0.15, 0.2) is 0 Å². The molecule has 17 heavy (non-hydrogen) atoms. The Balaban J connectivity index is 2.18. The SMILES string of the molecule is NNC(Cc1cc(F)cc(Br)c1)c1cnsn1. The van der Waals surface area contributed by atoms with Crippen molar-refractivity contribution in [3.63, 3.8) is 0 Å². The molecule has 1 aromatic heterocycles. The highest BCUT2D eigenvalue weighted by atomic mass is 79.9. The van der Waals surface area contributed by atoms with Crippen LogP contribution in [0, 0.1) is 5.82 Å². The van der Waals surface area contributed by atoms with E-state index in [1.807, 2.05) is 6.07 Å². The summed E-state index contributed by atoms with van der Waals surface area (Å²) in [6.45, 7) is 0. The molecular weight excluding hydrogens is 307 g/mol. The number of hydrazine groups is 1. The molecule has 2 rings (SSSR count). The van der Waals surface area contributed by atoms with Crippen LogP contribution in [0.4, 0.5) is 4.39 Å². The number of halogens is 2. The number of hydrogen-bond donors (Lipinski definition) is 2. The van der Waals surface area contributed by atoms with Crippen LogP contribution >= 0.6 is 27.7 Å². The van der Waals surface area contributed by atoms with Gasteiger partial charge in [-0.15, -0.1) is 0 Å². The van der Waals surface area contributed by atoms with Crippen molar-refractivity contribution in [3.05, 3.63) is 45.9 Å². The third kappa shape index (κ3) is 3.29. The minimum absolute atomic E-state index is 0.164. The zero-order valence-corrected chi connectivity index (χ0v) is 11.1. The lowest BCUT2D eigenvalue weighted by atomic mass is 10.0. The van der Waals surface area contributed by atoms with E-state index in [-0.39, 0.29) is 11.9 Å². The summed E-state index contributed by atoms with van der Waals surface area (Å²) in [5, 5.41) is 0. The standard InChI is InChI=1S/C10H10BrFN4S/c11-7-1-6(2-8(12)4-7)3-9(15-13)10-5-14-17-16-10/h1-2,4-5,9,15H,3,13H2. The summed E-state index contributed by atoms with van der Waals surface area (Å²) >= 11 is 4.38. The average Bonchev–Trinajstić information content (AvgIpc) is 2.77. The summed E-state index contributed by atoms with van der Waals surface area (Å²) in [5.74, 6) is 5.19. The summed E-state index contributed by atoms with van der Waals surface area (Å²) in [6, 6.07) is 4.59. The normalized spacial score (nSPS) is 12.6. The van der Waals surface area contributed by atoms with Crippen molar-refractivity contribution in [1.82, 2.24) is 14.2 Å². The molecule has 1 unspecified atom stereocenters. The van der Waals surface area contributed by atoms with Crippen LogP contribution in [0.2, 0.25) is 0 Å². The second kappa shape index (κ2) is 5.63. The van der Waals surface area contributed by atoms with Gasteiger partial charge < -0.3 is 0 Å². The molecule has 0 fully saturated rings. The Morgan fingerprint density at radius 1 is 1.47 bits per heavy atom. The zero-order chi connectivity index (χ0) is 12.3. The first-order valence-electron chi connectivity index (χ1n) is 4.87. The van der Waals surface area contributed by atoms with Crippen LogP contribution in [0.5, 0.6) is 0 Å².